The van der Waals surface area contributed by atoms with E-state index in [2.05, 4.69) is 42.8 Å². The summed E-state index contributed by atoms with van der Waals surface area (Å²) in [5.74, 6) is -3.40. The molecule has 5 unspecified atom stereocenters. The number of unbranched alkanes of at least 4 members (excludes halogenated alkanes) is 3. The second kappa shape index (κ2) is 26.4. The predicted molar refractivity (Wildman–Crippen MR) is 187 cm³/mol. The molecule has 5 atom stereocenters. The van der Waals surface area contributed by atoms with Crippen LogP contribution in [0.15, 0.2) is 25.3 Å². The van der Waals surface area contributed by atoms with Gasteiger partial charge in [-0.15, -0.1) is 0 Å². The molecule has 1 N–H and O–H groups in total. The van der Waals surface area contributed by atoms with Crippen LogP contribution in [0.1, 0.15) is 38.5 Å². The summed E-state index contributed by atoms with van der Waals surface area (Å²) in [5, 5.41) is 9.32. The lowest BCUT2D eigenvalue weighted by Crippen LogP contribution is -2.32. The van der Waals surface area contributed by atoms with Crippen LogP contribution in [0.2, 0.25) is 0 Å². The number of esters is 4. The average Bonchev–Trinajstić information content (AvgIpc) is 2.95. The number of aliphatic carboxylic acids is 1. The SMILES string of the molecule is BP(I)CCC(=O)OC(COCCCCCCOCC(COC(=O)C=C)OC(=O)CC(C(=O)O)P(B)I)COC(=O)C=C. The van der Waals surface area contributed by atoms with Crippen LogP contribution in [-0.2, 0) is 52.4 Å². The zero-order chi connectivity index (χ0) is 32.6. The van der Waals surface area contributed by atoms with Crippen molar-refractivity contribution < 1.29 is 57.5 Å². The van der Waals surface area contributed by atoms with Crippen LogP contribution in [0.25, 0.3) is 0 Å². The number of rotatable bonds is 26. The lowest BCUT2D eigenvalue weighted by atomic mass is 10.2. The maximum Gasteiger partial charge on any atom is 0.330 e. The fourth-order valence-electron chi connectivity index (χ4n) is 3.14. The van der Waals surface area contributed by atoms with E-state index < -0.39 is 47.2 Å². The van der Waals surface area contributed by atoms with E-state index in [9.17, 15) is 29.1 Å². The van der Waals surface area contributed by atoms with Gasteiger partial charge in [0, 0.05) is 31.8 Å². The molecule has 0 aliphatic carbocycles. The lowest BCUT2D eigenvalue weighted by molar-refractivity contribution is -0.161. The third kappa shape index (κ3) is 24.2. The van der Waals surface area contributed by atoms with Gasteiger partial charge in [-0.2, -0.15) is 0 Å². The highest BCUT2D eigenvalue weighted by molar-refractivity contribution is 14.2. The molecule has 0 bridgehead atoms. The van der Waals surface area contributed by atoms with Gasteiger partial charge < -0.3 is 33.5 Å². The zero-order valence-corrected chi connectivity index (χ0v) is 30.7. The molecule has 0 radical (unpaired) electrons. The molecular formula is C25H40B2I2O12P2. The van der Waals surface area contributed by atoms with Crippen LogP contribution in [0.4, 0.5) is 0 Å². The van der Waals surface area contributed by atoms with Gasteiger partial charge in [-0.25, -0.2) is 9.59 Å². The van der Waals surface area contributed by atoms with Gasteiger partial charge in [0.1, 0.15) is 28.3 Å². The van der Waals surface area contributed by atoms with Crippen molar-refractivity contribution in [2.24, 2.45) is 0 Å². The minimum absolute atomic E-state index is 0.0174. The third-order valence-corrected chi connectivity index (χ3v) is 11.0. The zero-order valence-electron chi connectivity index (χ0n) is 24.6. The van der Waals surface area contributed by atoms with Crippen molar-refractivity contribution in [1.82, 2.24) is 0 Å². The predicted octanol–water partition coefficient (Wildman–Crippen LogP) is 2.86. The molecule has 0 rings (SSSR count). The van der Waals surface area contributed by atoms with Gasteiger partial charge in [0.2, 0.25) is 0 Å². The number of carboxylic acid groups (broad SMARTS) is 1. The van der Waals surface area contributed by atoms with Crippen LogP contribution in [-0.4, -0.2) is 114 Å². The minimum atomic E-state index is -1.06. The largest absolute Gasteiger partial charge is 0.481 e. The quantitative estimate of drug-likeness (QED) is 0.0258. The summed E-state index contributed by atoms with van der Waals surface area (Å²) in [6.45, 7) is 7.21. The Morgan fingerprint density at radius 3 is 1.63 bits per heavy atom. The number of ether oxygens (including phenoxy) is 6. The number of carboxylic acids is 1. The Bertz CT molecular complexity index is 898. The van der Waals surface area contributed by atoms with Gasteiger partial charge in [-0.1, -0.05) is 81.0 Å². The Morgan fingerprint density at radius 2 is 1.23 bits per heavy atom. The molecule has 0 saturated carbocycles. The summed E-state index contributed by atoms with van der Waals surface area (Å²) in [7, 11) is 3.82. The van der Waals surface area contributed by atoms with Crippen molar-refractivity contribution in [2.45, 2.75) is 56.4 Å². The minimum Gasteiger partial charge on any atom is -0.481 e. The Morgan fingerprint density at radius 1 is 0.767 bits per heavy atom. The molecule has 0 aromatic rings. The topological polar surface area (TPSA) is 161 Å². The second-order valence-corrected chi connectivity index (χ2v) is 22.0. The van der Waals surface area contributed by atoms with Crippen molar-refractivity contribution in [3.8, 4) is 0 Å². The van der Waals surface area contributed by atoms with E-state index in [4.69, 9.17) is 28.4 Å². The first kappa shape index (κ1) is 42.2. The summed E-state index contributed by atoms with van der Waals surface area (Å²) in [5.41, 5.74) is -2.02. The molecule has 0 amide bonds. The average molecular weight is 870 g/mol. The normalized spacial score (nSPS) is 14.3. The van der Waals surface area contributed by atoms with Gasteiger partial charge in [-0.3, -0.25) is 14.4 Å². The van der Waals surface area contributed by atoms with E-state index in [1.54, 1.807) is 7.57 Å². The van der Waals surface area contributed by atoms with Crippen molar-refractivity contribution in [2.75, 3.05) is 45.8 Å². The smallest absolute Gasteiger partial charge is 0.330 e. The molecule has 12 nitrogen and oxygen atoms in total. The molecule has 0 fully saturated rings. The molecule has 0 aromatic carbocycles. The van der Waals surface area contributed by atoms with Crippen LogP contribution in [0.5, 0.6) is 0 Å². The molecule has 0 aliphatic heterocycles. The Labute approximate surface area is 283 Å². The number of hydrogen-bond donors (Lipinski definition) is 1. The Hall–Kier alpha value is -0.800. The number of halogens is 2. The van der Waals surface area contributed by atoms with E-state index in [1.165, 1.54) is 0 Å². The first-order valence-electron chi connectivity index (χ1n) is 13.5. The maximum atomic E-state index is 12.3. The van der Waals surface area contributed by atoms with Crippen LogP contribution in [0, 0.1) is 0 Å². The van der Waals surface area contributed by atoms with E-state index in [-0.39, 0.29) is 44.3 Å². The van der Waals surface area contributed by atoms with Crippen molar-refractivity contribution in [3.05, 3.63) is 25.3 Å². The molecule has 0 aliphatic rings. The fourth-order valence-corrected chi connectivity index (χ4v) is 6.36. The van der Waals surface area contributed by atoms with Crippen molar-refractivity contribution >= 4 is 99.9 Å². The third-order valence-electron chi connectivity index (χ3n) is 5.39. The number of carbonyl (C=O) groups is 5. The van der Waals surface area contributed by atoms with E-state index in [1.807, 2.05) is 22.0 Å². The van der Waals surface area contributed by atoms with Crippen LogP contribution >= 0.6 is 55.0 Å². The number of carbonyl (C=O) groups excluding carboxylic acids is 4. The van der Waals surface area contributed by atoms with Gasteiger partial charge >= 0.3 is 29.8 Å². The van der Waals surface area contributed by atoms with Crippen molar-refractivity contribution in [3.63, 3.8) is 0 Å². The van der Waals surface area contributed by atoms with E-state index in [0.29, 0.717) is 19.6 Å². The van der Waals surface area contributed by atoms with Gasteiger partial charge in [-0.05, 0) is 19.0 Å². The molecule has 0 spiro atoms. The van der Waals surface area contributed by atoms with Crippen molar-refractivity contribution in [1.29, 1.82) is 0 Å². The standard InChI is InChI=1S/C25H40B2I2O12P2/c1-3-21(30)38-16-18(40-23(32)9-12-42(26)28)14-36-10-7-5-6-8-11-37-15-19(17-39-22(31)4-2)41-24(33)13-20(25(34)35)43(27)29/h3-4,18-20H,1-2,5-17,26-27H2,(H,34,35). The number of hydrogen-bond acceptors (Lipinski definition) is 11. The molecule has 0 heterocycles. The highest BCUT2D eigenvalue weighted by atomic mass is 127. The summed E-state index contributed by atoms with van der Waals surface area (Å²) in [6, 6.07) is 0. The Kier molecular flexibility index (Phi) is 25.9. The highest BCUT2D eigenvalue weighted by Crippen LogP contribution is 2.46. The molecular weight excluding hydrogens is 830 g/mol. The second-order valence-electron chi connectivity index (χ2n) is 9.12. The van der Waals surface area contributed by atoms with E-state index in [0.717, 1.165) is 44.0 Å². The van der Waals surface area contributed by atoms with E-state index >= 15 is 0 Å². The monoisotopic (exact) mass is 870 g/mol. The molecule has 18 heteroatoms. The highest BCUT2D eigenvalue weighted by Gasteiger charge is 2.28. The molecule has 242 valence electrons. The first-order chi connectivity index (χ1) is 20.4. The summed E-state index contributed by atoms with van der Waals surface area (Å²) in [4.78, 5) is 58.6. The van der Waals surface area contributed by atoms with Gasteiger partial charge in [0.05, 0.1) is 25.3 Å². The van der Waals surface area contributed by atoms with Gasteiger partial charge in [0.15, 0.2) is 12.2 Å². The maximum absolute atomic E-state index is 12.3. The summed E-state index contributed by atoms with van der Waals surface area (Å²) < 4.78 is 32.0. The summed E-state index contributed by atoms with van der Waals surface area (Å²) >= 11 is 4.30. The van der Waals surface area contributed by atoms with Crippen LogP contribution < -0.4 is 0 Å². The lowest BCUT2D eigenvalue weighted by Gasteiger charge is -2.20. The summed E-state index contributed by atoms with van der Waals surface area (Å²) in [6.07, 6.45) is 4.37. The molecule has 0 saturated heterocycles. The molecule has 43 heavy (non-hydrogen) atoms. The fraction of sp³-hybridized carbons (Fsp3) is 0.640. The Balaban J connectivity index is 4.41. The van der Waals surface area contributed by atoms with Gasteiger partial charge in [0.25, 0.3) is 0 Å². The van der Waals surface area contributed by atoms with Crippen LogP contribution in [0.3, 0.4) is 0 Å². The first-order valence-corrected chi connectivity index (χ1v) is 22.9. The molecule has 0 aromatic heterocycles.